The predicted octanol–water partition coefficient (Wildman–Crippen LogP) is 2.66. The number of nitrogens with zero attached hydrogens (tertiary/aromatic N) is 1. The van der Waals surface area contributed by atoms with Crippen LogP contribution in [-0.4, -0.2) is 9.97 Å². The largest absolute Gasteiger partial charge is 0.342 e. The molecule has 0 bridgehead atoms. The third kappa shape index (κ3) is 2.14. The number of nitrogens with one attached hydrogen (secondary N) is 1. The molecule has 0 aliphatic heterocycles. The van der Waals surface area contributed by atoms with Gasteiger partial charge in [0.1, 0.15) is 5.82 Å². The molecule has 0 aliphatic carbocycles. The maximum absolute atomic E-state index is 5.62. The van der Waals surface area contributed by atoms with Gasteiger partial charge in [0.25, 0.3) is 0 Å². The summed E-state index contributed by atoms with van der Waals surface area (Å²) in [5, 5.41) is 0. The van der Waals surface area contributed by atoms with E-state index in [1.807, 2.05) is 18.3 Å². The molecule has 84 valence electrons. The molecule has 0 fully saturated rings. The summed E-state index contributed by atoms with van der Waals surface area (Å²) in [7, 11) is 0. The quantitative estimate of drug-likeness (QED) is 0.827. The number of hydrogen-bond acceptors (Lipinski definition) is 2. The van der Waals surface area contributed by atoms with Gasteiger partial charge in [-0.05, 0) is 17.2 Å². The minimum absolute atomic E-state index is 0.423. The minimum atomic E-state index is 0.423. The van der Waals surface area contributed by atoms with E-state index in [9.17, 15) is 0 Å². The first-order chi connectivity index (χ1) is 7.70. The van der Waals surface area contributed by atoms with Crippen molar-refractivity contribution in [1.82, 2.24) is 9.97 Å². The average molecular weight is 215 g/mol. The summed E-state index contributed by atoms with van der Waals surface area (Å²) in [6.45, 7) is 4.82. The van der Waals surface area contributed by atoms with E-state index >= 15 is 0 Å². The lowest BCUT2D eigenvalue weighted by Crippen LogP contribution is -1.95. The standard InChI is InChI=1S/C13H17N3/c1-9(2)13-15-8-12(16-13)11-5-3-4-10(6-11)7-14/h3-6,8-9H,7,14H2,1-2H3,(H,15,16). The van der Waals surface area contributed by atoms with Gasteiger partial charge in [-0.1, -0.05) is 32.0 Å². The first-order valence-electron chi connectivity index (χ1n) is 5.55. The zero-order valence-electron chi connectivity index (χ0n) is 9.70. The van der Waals surface area contributed by atoms with E-state index in [2.05, 4.69) is 35.9 Å². The fourth-order valence-corrected chi connectivity index (χ4v) is 1.64. The van der Waals surface area contributed by atoms with E-state index in [4.69, 9.17) is 5.73 Å². The molecule has 0 saturated carbocycles. The minimum Gasteiger partial charge on any atom is -0.342 e. The number of rotatable bonds is 3. The molecule has 2 rings (SSSR count). The number of aromatic nitrogens is 2. The van der Waals surface area contributed by atoms with Crippen LogP contribution in [0, 0.1) is 0 Å². The van der Waals surface area contributed by atoms with Crippen LogP contribution in [-0.2, 0) is 6.54 Å². The van der Waals surface area contributed by atoms with Crippen LogP contribution in [0.25, 0.3) is 11.3 Å². The van der Waals surface area contributed by atoms with Gasteiger partial charge < -0.3 is 10.7 Å². The molecule has 0 unspecified atom stereocenters. The summed E-state index contributed by atoms with van der Waals surface area (Å²) in [5.41, 5.74) is 8.96. The third-order valence-electron chi connectivity index (χ3n) is 2.62. The van der Waals surface area contributed by atoms with E-state index in [0.29, 0.717) is 12.5 Å². The molecule has 1 aromatic heterocycles. The zero-order valence-corrected chi connectivity index (χ0v) is 9.70. The van der Waals surface area contributed by atoms with Crippen molar-refractivity contribution >= 4 is 0 Å². The smallest absolute Gasteiger partial charge is 0.109 e. The van der Waals surface area contributed by atoms with Crippen LogP contribution in [0.1, 0.15) is 31.2 Å². The van der Waals surface area contributed by atoms with Crippen molar-refractivity contribution in [3.63, 3.8) is 0 Å². The molecule has 2 aromatic rings. The molecule has 0 radical (unpaired) electrons. The van der Waals surface area contributed by atoms with Gasteiger partial charge in [-0.3, -0.25) is 0 Å². The molecule has 1 heterocycles. The van der Waals surface area contributed by atoms with Gasteiger partial charge in [0, 0.05) is 12.5 Å². The lowest BCUT2D eigenvalue weighted by molar-refractivity contribution is 0.795. The van der Waals surface area contributed by atoms with Gasteiger partial charge in [-0.2, -0.15) is 0 Å². The molecule has 16 heavy (non-hydrogen) atoms. The Balaban J connectivity index is 2.34. The van der Waals surface area contributed by atoms with E-state index in [1.54, 1.807) is 0 Å². The second kappa shape index (κ2) is 4.49. The molecule has 0 aliphatic rings. The van der Waals surface area contributed by atoms with Crippen LogP contribution in [0.3, 0.4) is 0 Å². The highest BCUT2D eigenvalue weighted by Crippen LogP contribution is 2.20. The Morgan fingerprint density at radius 1 is 1.38 bits per heavy atom. The van der Waals surface area contributed by atoms with Crippen LogP contribution in [0.5, 0.6) is 0 Å². The highest BCUT2D eigenvalue weighted by Gasteiger charge is 2.06. The van der Waals surface area contributed by atoms with Crippen LogP contribution < -0.4 is 5.73 Å². The van der Waals surface area contributed by atoms with Crippen molar-refractivity contribution in [3.8, 4) is 11.3 Å². The normalized spacial score (nSPS) is 11.0. The molecule has 1 aromatic carbocycles. The fraction of sp³-hybridized carbons (Fsp3) is 0.308. The molecule has 3 N–H and O–H groups in total. The molecule has 3 heteroatoms. The highest BCUT2D eigenvalue weighted by molar-refractivity contribution is 5.59. The second-order valence-electron chi connectivity index (χ2n) is 4.24. The third-order valence-corrected chi connectivity index (χ3v) is 2.62. The van der Waals surface area contributed by atoms with Crippen LogP contribution in [0.2, 0.25) is 0 Å². The molecule has 0 spiro atoms. The van der Waals surface area contributed by atoms with Crippen molar-refractivity contribution in [2.24, 2.45) is 5.73 Å². The monoisotopic (exact) mass is 215 g/mol. The van der Waals surface area contributed by atoms with Gasteiger partial charge in [-0.15, -0.1) is 0 Å². The van der Waals surface area contributed by atoms with Crippen molar-refractivity contribution in [1.29, 1.82) is 0 Å². The summed E-state index contributed by atoms with van der Waals surface area (Å²) in [6, 6.07) is 8.21. The lowest BCUT2D eigenvalue weighted by atomic mass is 10.1. The number of aromatic amines is 1. The van der Waals surface area contributed by atoms with E-state index in [0.717, 1.165) is 22.6 Å². The first-order valence-corrected chi connectivity index (χ1v) is 5.55. The SMILES string of the molecule is CC(C)c1ncc(-c2cccc(CN)c2)[nH]1. The number of H-pyrrole nitrogens is 1. The van der Waals surface area contributed by atoms with Gasteiger partial charge in [-0.25, -0.2) is 4.98 Å². The maximum Gasteiger partial charge on any atom is 0.109 e. The predicted molar refractivity (Wildman–Crippen MR) is 66.0 cm³/mol. The fourth-order valence-electron chi connectivity index (χ4n) is 1.64. The Hall–Kier alpha value is -1.61. The Morgan fingerprint density at radius 2 is 2.19 bits per heavy atom. The Labute approximate surface area is 95.7 Å². The number of hydrogen-bond donors (Lipinski definition) is 2. The molecular formula is C13H17N3. The molecule has 0 saturated heterocycles. The zero-order chi connectivity index (χ0) is 11.5. The maximum atomic E-state index is 5.62. The Kier molecular flexibility index (Phi) is 3.06. The summed E-state index contributed by atoms with van der Waals surface area (Å²) in [6.07, 6.45) is 1.88. The summed E-state index contributed by atoms with van der Waals surface area (Å²) < 4.78 is 0. The van der Waals surface area contributed by atoms with Crippen molar-refractivity contribution in [2.75, 3.05) is 0 Å². The molecule has 3 nitrogen and oxygen atoms in total. The summed E-state index contributed by atoms with van der Waals surface area (Å²) >= 11 is 0. The van der Waals surface area contributed by atoms with E-state index in [1.165, 1.54) is 0 Å². The summed E-state index contributed by atoms with van der Waals surface area (Å²) in [5.74, 6) is 1.44. The summed E-state index contributed by atoms with van der Waals surface area (Å²) in [4.78, 5) is 7.69. The van der Waals surface area contributed by atoms with Crippen molar-refractivity contribution in [3.05, 3.63) is 41.9 Å². The van der Waals surface area contributed by atoms with E-state index < -0.39 is 0 Å². The van der Waals surface area contributed by atoms with Crippen LogP contribution >= 0.6 is 0 Å². The van der Waals surface area contributed by atoms with E-state index in [-0.39, 0.29) is 0 Å². The van der Waals surface area contributed by atoms with Crippen molar-refractivity contribution < 1.29 is 0 Å². The average Bonchev–Trinajstić information content (AvgIpc) is 2.78. The first kappa shape index (κ1) is 10.9. The lowest BCUT2D eigenvalue weighted by Gasteiger charge is -2.02. The number of benzene rings is 1. The van der Waals surface area contributed by atoms with Gasteiger partial charge >= 0.3 is 0 Å². The highest BCUT2D eigenvalue weighted by atomic mass is 14.9. The van der Waals surface area contributed by atoms with Gasteiger partial charge in [0.05, 0.1) is 11.9 Å². The molecule has 0 atom stereocenters. The Bertz CT molecular complexity index is 472. The molecule has 0 amide bonds. The van der Waals surface area contributed by atoms with Crippen LogP contribution in [0.4, 0.5) is 0 Å². The molecular weight excluding hydrogens is 198 g/mol. The van der Waals surface area contributed by atoms with Gasteiger partial charge in [0.2, 0.25) is 0 Å². The number of nitrogens with two attached hydrogens (primary N) is 1. The second-order valence-corrected chi connectivity index (χ2v) is 4.24. The van der Waals surface area contributed by atoms with Gasteiger partial charge in [0.15, 0.2) is 0 Å². The van der Waals surface area contributed by atoms with Crippen molar-refractivity contribution in [2.45, 2.75) is 26.3 Å². The topological polar surface area (TPSA) is 54.7 Å². The van der Waals surface area contributed by atoms with Crippen LogP contribution in [0.15, 0.2) is 30.5 Å². The number of imidazole rings is 1. The Morgan fingerprint density at radius 3 is 2.81 bits per heavy atom.